The zero-order valence-electron chi connectivity index (χ0n) is 66.8. The quantitative estimate of drug-likeness (QED) is 0.135. The van der Waals surface area contributed by atoms with Crippen LogP contribution in [0.3, 0.4) is 0 Å². The van der Waals surface area contributed by atoms with Crippen LogP contribution < -0.4 is 26.2 Å². The summed E-state index contributed by atoms with van der Waals surface area (Å²) in [6.07, 6.45) is 0. The third-order valence-corrected chi connectivity index (χ3v) is 22.0. The molecule has 2 aliphatic heterocycles. The Morgan fingerprint density at radius 2 is 0.762 bits per heavy atom. The third-order valence-electron chi connectivity index (χ3n) is 22.0. The fourth-order valence-electron chi connectivity index (χ4n) is 16.5. The summed E-state index contributed by atoms with van der Waals surface area (Å²) in [4.78, 5) is 5.14. The SMILES string of the molecule is [2H]c1c([2H])c([2H])c(-c2ccc3c(c2)B2c4ccc(-n5c6ccc(C(C)(C)C)cc6c6cc(C(C)(C)C)ccc65)cc4N(c4c(-c5ccccc5)cc(C(C)(C)C)cc4-c4ccccc4)c4cc(-c5cccc6oc7ccccc7c56)cc(c42)N3c2c(-c3ccccc3)cc(C(C)(C)C)cc2-c2ccccc2)c([2H])c1[2H]. The molecule has 510 valence electrons. The van der Waals surface area contributed by atoms with Gasteiger partial charge in [0, 0.05) is 72.2 Å². The van der Waals surface area contributed by atoms with Crippen molar-refractivity contribution >= 4 is 101 Å². The van der Waals surface area contributed by atoms with Gasteiger partial charge in [0.15, 0.2) is 0 Å². The van der Waals surface area contributed by atoms with Gasteiger partial charge < -0.3 is 18.8 Å². The predicted octanol–water partition coefficient (Wildman–Crippen LogP) is 26.0. The van der Waals surface area contributed by atoms with Gasteiger partial charge in [-0.1, -0.05) is 295 Å². The Bertz CT molecular complexity index is 6230. The average molecular weight is 1360 g/mol. The van der Waals surface area contributed by atoms with E-state index < -0.39 is 12.8 Å². The Kier molecular flexibility index (Phi) is 14.0. The molecule has 0 spiro atoms. The average Bonchev–Trinajstić information content (AvgIpc) is 0.798. The van der Waals surface area contributed by atoms with E-state index in [2.05, 4.69) is 358 Å². The lowest BCUT2D eigenvalue weighted by Crippen LogP contribution is -2.61. The molecule has 0 unspecified atom stereocenters. The van der Waals surface area contributed by atoms with E-state index in [4.69, 9.17) is 5.79 Å². The zero-order chi connectivity index (χ0) is 76.4. The summed E-state index contributed by atoms with van der Waals surface area (Å²) < 4.78 is 56.1. The normalized spacial score (nSPS) is 13.8. The van der Waals surface area contributed by atoms with E-state index in [1.165, 1.54) is 33.0 Å². The lowest BCUT2D eigenvalue weighted by Gasteiger charge is -2.46. The van der Waals surface area contributed by atoms with Crippen molar-refractivity contribution in [2.45, 2.75) is 105 Å². The van der Waals surface area contributed by atoms with Gasteiger partial charge >= 0.3 is 0 Å². The van der Waals surface area contributed by atoms with E-state index >= 15 is 0 Å². The number of rotatable bonds is 9. The van der Waals surface area contributed by atoms with Crippen molar-refractivity contribution in [3.05, 3.63) is 325 Å². The van der Waals surface area contributed by atoms with E-state index in [1.54, 1.807) is 0 Å². The lowest BCUT2D eigenvalue weighted by molar-refractivity contribution is 0.590. The maximum Gasteiger partial charge on any atom is 0.252 e. The molecule has 4 nitrogen and oxygen atoms in total. The van der Waals surface area contributed by atoms with Gasteiger partial charge in [-0.05, 0) is 196 Å². The Labute approximate surface area is 625 Å². The van der Waals surface area contributed by atoms with Crippen LogP contribution in [0.4, 0.5) is 34.1 Å². The summed E-state index contributed by atoms with van der Waals surface area (Å²) >= 11 is 0. The molecule has 0 amide bonds. The summed E-state index contributed by atoms with van der Waals surface area (Å²) in [5.74, 6) is 0. The highest BCUT2D eigenvalue weighted by Crippen LogP contribution is 2.56. The Morgan fingerprint density at radius 1 is 0.305 bits per heavy atom. The molecular weight excluding hydrogens is 1270 g/mol. The van der Waals surface area contributed by atoms with Gasteiger partial charge in [-0.2, -0.15) is 0 Å². The van der Waals surface area contributed by atoms with E-state index in [9.17, 15) is 5.48 Å². The summed E-state index contributed by atoms with van der Waals surface area (Å²) in [6, 6.07) is 98.7. The first-order chi connectivity index (χ1) is 52.7. The fourth-order valence-corrected chi connectivity index (χ4v) is 16.5. The molecule has 0 fully saturated rings. The minimum atomic E-state index is -0.555. The second-order valence-corrected chi connectivity index (χ2v) is 32.9. The Hall–Kier alpha value is -11.7. The standard InChI is InChI=1S/C100H86BN3O/c1-97(2,3)70-46-51-85-81(56-70)82-57-71(98(4,5)6)47-52-86(82)102(85)74-48-49-83-88(62-74)104(96-79(66-37-24-16-25-38-66)60-73(100(10,11)12)61-80(96)67-39-26-17-27-40-67)90-55-69(75-42-30-44-92-93(75)76-41-28-29-43-91(76)105-92)54-89-94(90)101(83)84-53-68(63-31-18-13-19-32-63)45-50-87(84)103(89)95-77(64-33-20-14-21-34-64)58-72(99(7,8)9)59-78(95)65-35-22-15-23-36-65/h13-62H,1-12H3/i13D,18D,19D,31D,32D. The minimum Gasteiger partial charge on any atom is -0.456 e. The molecule has 0 bridgehead atoms. The number of fused-ring (bicyclic) bond motifs is 10. The molecule has 0 atom stereocenters. The van der Waals surface area contributed by atoms with Gasteiger partial charge in [-0.15, -0.1) is 0 Å². The minimum absolute atomic E-state index is 0.121. The van der Waals surface area contributed by atoms with Gasteiger partial charge in [-0.25, -0.2) is 0 Å². The van der Waals surface area contributed by atoms with Crippen molar-refractivity contribution in [2.24, 2.45) is 0 Å². The number of para-hydroxylation sites is 1. The van der Waals surface area contributed by atoms with Crippen molar-refractivity contribution in [3.8, 4) is 72.4 Å². The smallest absolute Gasteiger partial charge is 0.252 e. The molecule has 105 heavy (non-hydrogen) atoms. The molecule has 0 saturated heterocycles. The van der Waals surface area contributed by atoms with Gasteiger partial charge in [0.2, 0.25) is 0 Å². The van der Waals surface area contributed by atoms with Crippen molar-refractivity contribution < 1.29 is 11.3 Å². The number of benzene rings is 14. The maximum absolute atomic E-state index is 9.73. The second-order valence-electron chi connectivity index (χ2n) is 32.9. The van der Waals surface area contributed by atoms with Crippen molar-refractivity contribution in [2.75, 3.05) is 9.80 Å². The van der Waals surface area contributed by atoms with Crippen LogP contribution in [0.2, 0.25) is 0 Å². The van der Waals surface area contributed by atoms with Crippen molar-refractivity contribution in [3.63, 3.8) is 0 Å². The molecule has 0 aliphatic carbocycles. The van der Waals surface area contributed by atoms with E-state index in [1.807, 2.05) is 12.1 Å². The molecule has 2 aromatic heterocycles. The molecule has 4 heterocycles. The van der Waals surface area contributed by atoms with Gasteiger partial charge in [0.05, 0.1) is 29.3 Å². The molecule has 0 saturated carbocycles. The van der Waals surface area contributed by atoms with Crippen molar-refractivity contribution in [1.82, 2.24) is 4.57 Å². The molecule has 0 radical (unpaired) electrons. The summed E-state index contributed by atoms with van der Waals surface area (Å²) in [7, 11) is 0. The molecule has 14 aromatic carbocycles. The highest BCUT2D eigenvalue weighted by Gasteiger charge is 2.46. The van der Waals surface area contributed by atoms with Crippen LogP contribution in [0.15, 0.2) is 308 Å². The first kappa shape index (κ1) is 59.8. The van der Waals surface area contributed by atoms with Crippen LogP contribution in [-0.4, -0.2) is 11.3 Å². The van der Waals surface area contributed by atoms with Crippen LogP contribution >= 0.6 is 0 Å². The number of anilines is 6. The van der Waals surface area contributed by atoms with Crippen LogP contribution in [-0.2, 0) is 21.7 Å². The highest BCUT2D eigenvalue weighted by atomic mass is 16.3. The topological polar surface area (TPSA) is 24.6 Å². The Morgan fingerprint density at radius 3 is 1.25 bits per heavy atom. The highest BCUT2D eigenvalue weighted by molar-refractivity contribution is 7.00. The van der Waals surface area contributed by atoms with Gasteiger partial charge in [-0.3, -0.25) is 0 Å². The Balaban J connectivity index is 1.07. The lowest BCUT2D eigenvalue weighted by atomic mass is 9.33. The largest absolute Gasteiger partial charge is 0.456 e. The van der Waals surface area contributed by atoms with Crippen LogP contribution in [0.5, 0.6) is 0 Å². The number of aromatic nitrogens is 1. The predicted molar refractivity (Wildman–Crippen MR) is 449 cm³/mol. The van der Waals surface area contributed by atoms with Crippen LogP contribution in [0, 0.1) is 0 Å². The number of nitrogens with zero attached hydrogens (tertiary/aromatic N) is 3. The van der Waals surface area contributed by atoms with E-state index in [0.717, 1.165) is 145 Å². The number of hydrogen-bond acceptors (Lipinski definition) is 3. The molecule has 5 heteroatoms. The monoisotopic (exact) mass is 1360 g/mol. The number of furan rings is 1. The molecule has 0 N–H and O–H groups in total. The first-order valence-corrected chi connectivity index (χ1v) is 36.9. The molecule has 2 aliphatic rings. The van der Waals surface area contributed by atoms with E-state index in [0.29, 0.717) is 5.56 Å². The number of hydrogen-bond donors (Lipinski definition) is 0. The summed E-state index contributed by atoms with van der Waals surface area (Å²) in [6.45, 7) is 27.0. The fraction of sp³-hybridized carbons (Fsp3) is 0.160. The molecular formula is C100H86BN3O. The van der Waals surface area contributed by atoms with Gasteiger partial charge in [0.25, 0.3) is 6.71 Å². The van der Waals surface area contributed by atoms with Gasteiger partial charge in [0.1, 0.15) is 11.2 Å². The summed E-state index contributed by atoms with van der Waals surface area (Å²) in [5, 5.41) is 4.39. The maximum atomic E-state index is 9.73. The van der Waals surface area contributed by atoms with Crippen LogP contribution in [0.1, 0.15) is 112 Å². The molecule has 18 rings (SSSR count). The second kappa shape index (κ2) is 24.5. The summed E-state index contributed by atoms with van der Waals surface area (Å²) in [5.41, 5.74) is 28.5. The van der Waals surface area contributed by atoms with Crippen LogP contribution in [0.25, 0.3) is 116 Å². The van der Waals surface area contributed by atoms with Crippen molar-refractivity contribution in [1.29, 1.82) is 0 Å². The van der Waals surface area contributed by atoms with E-state index in [-0.39, 0.29) is 51.4 Å². The first-order valence-electron chi connectivity index (χ1n) is 39.4. The molecule has 16 aromatic rings. The zero-order valence-corrected chi connectivity index (χ0v) is 61.8. The third kappa shape index (κ3) is 11.0.